The predicted molar refractivity (Wildman–Crippen MR) is 98.1 cm³/mol. The summed E-state index contributed by atoms with van der Waals surface area (Å²) in [4.78, 5) is 11.1. The highest BCUT2D eigenvalue weighted by atomic mass is 16.5. The molecule has 2 nitrogen and oxygen atoms in total. The quantitative estimate of drug-likeness (QED) is 0.370. The second kappa shape index (κ2) is 8.71. The first-order valence-corrected chi connectivity index (χ1v) is 8.26. The molecule has 1 aliphatic rings. The summed E-state index contributed by atoms with van der Waals surface area (Å²) in [6, 6.07) is 0. The second-order valence-corrected chi connectivity index (χ2v) is 6.95. The van der Waals surface area contributed by atoms with E-state index in [4.69, 9.17) is 0 Å². The molecule has 0 aromatic rings. The van der Waals surface area contributed by atoms with E-state index >= 15 is 0 Å². The first kappa shape index (κ1) is 19.2. The summed E-state index contributed by atoms with van der Waals surface area (Å²) in [6.07, 6.45) is 15.6. The van der Waals surface area contributed by atoms with Crippen LogP contribution in [0.15, 0.2) is 58.7 Å². The van der Waals surface area contributed by atoms with Crippen molar-refractivity contribution in [3.63, 3.8) is 0 Å². The molecule has 0 unspecified atom stereocenters. The minimum Gasteiger partial charge on any atom is -0.466 e. The van der Waals surface area contributed by atoms with Gasteiger partial charge in [-0.1, -0.05) is 55.4 Å². The van der Waals surface area contributed by atoms with E-state index in [-0.39, 0.29) is 11.4 Å². The van der Waals surface area contributed by atoms with Crippen molar-refractivity contribution in [3.05, 3.63) is 58.7 Å². The molecule has 0 bridgehead atoms. The third-order valence-corrected chi connectivity index (χ3v) is 4.32. The van der Waals surface area contributed by atoms with Crippen molar-refractivity contribution in [2.24, 2.45) is 5.41 Å². The average Bonchev–Trinajstić information content (AvgIpc) is 2.45. The maximum Gasteiger partial charge on any atom is 0.330 e. The third-order valence-electron chi connectivity index (χ3n) is 4.32. The fraction of sp³-hybridized carbons (Fsp3) is 0.476. The molecule has 0 fully saturated rings. The summed E-state index contributed by atoms with van der Waals surface area (Å²) in [5.41, 5.74) is 5.32. The number of carbonyl (C=O) groups excluding carboxylic acids is 1. The lowest BCUT2D eigenvalue weighted by Crippen LogP contribution is -2.19. The Kier molecular flexibility index (Phi) is 7.28. The molecule has 0 aromatic heterocycles. The van der Waals surface area contributed by atoms with E-state index < -0.39 is 0 Å². The average molecular weight is 314 g/mol. The van der Waals surface area contributed by atoms with E-state index in [1.807, 2.05) is 19.1 Å². The van der Waals surface area contributed by atoms with Crippen molar-refractivity contribution in [2.75, 3.05) is 7.11 Å². The fourth-order valence-corrected chi connectivity index (χ4v) is 2.93. The highest BCUT2D eigenvalue weighted by molar-refractivity contribution is 5.83. The van der Waals surface area contributed by atoms with Gasteiger partial charge < -0.3 is 4.74 Å². The van der Waals surface area contributed by atoms with Crippen molar-refractivity contribution in [1.29, 1.82) is 0 Å². The Morgan fingerprint density at radius 3 is 2.48 bits per heavy atom. The Morgan fingerprint density at radius 1 is 1.17 bits per heavy atom. The molecule has 0 spiro atoms. The van der Waals surface area contributed by atoms with E-state index in [1.54, 1.807) is 0 Å². The first-order valence-electron chi connectivity index (χ1n) is 8.26. The van der Waals surface area contributed by atoms with Crippen molar-refractivity contribution >= 4 is 5.97 Å². The zero-order chi connectivity index (χ0) is 17.5. The molecule has 0 amide bonds. The van der Waals surface area contributed by atoms with Gasteiger partial charge >= 0.3 is 5.97 Å². The third kappa shape index (κ3) is 6.43. The predicted octanol–water partition coefficient (Wildman–Crippen LogP) is 5.69. The molecule has 126 valence electrons. The fourth-order valence-electron chi connectivity index (χ4n) is 2.93. The molecule has 0 heterocycles. The molecule has 0 N–H and O–H groups in total. The van der Waals surface area contributed by atoms with Crippen LogP contribution < -0.4 is 0 Å². The Morgan fingerprint density at radius 2 is 1.87 bits per heavy atom. The van der Waals surface area contributed by atoms with Gasteiger partial charge in [0.1, 0.15) is 0 Å². The number of methoxy groups -OCH3 is 1. The van der Waals surface area contributed by atoms with Gasteiger partial charge in [-0.2, -0.15) is 0 Å². The minimum atomic E-state index is -0.324. The molecule has 0 saturated heterocycles. The van der Waals surface area contributed by atoms with Crippen LogP contribution in [0.1, 0.15) is 53.9 Å². The van der Waals surface area contributed by atoms with Gasteiger partial charge in [0.25, 0.3) is 0 Å². The van der Waals surface area contributed by atoms with Gasteiger partial charge in [0.15, 0.2) is 0 Å². The summed E-state index contributed by atoms with van der Waals surface area (Å²) < 4.78 is 4.60. The Bertz CT molecular complexity index is 581. The SMILES string of the molecule is COC(=O)/C=C(C)/C=C/C=C(C)/C=C\C1=C(C)CCCC1(C)C. The number of ether oxygens (including phenoxy) is 1. The van der Waals surface area contributed by atoms with E-state index in [2.05, 4.69) is 50.7 Å². The number of allylic oxidation sites excluding steroid dienone is 9. The number of hydrogen-bond acceptors (Lipinski definition) is 2. The molecule has 0 radical (unpaired) electrons. The molecule has 0 saturated carbocycles. The van der Waals surface area contributed by atoms with Crippen LogP contribution in [0.4, 0.5) is 0 Å². The van der Waals surface area contributed by atoms with Crippen molar-refractivity contribution in [1.82, 2.24) is 0 Å². The van der Waals surface area contributed by atoms with E-state index in [0.717, 1.165) is 5.57 Å². The summed E-state index contributed by atoms with van der Waals surface area (Å²) in [5.74, 6) is -0.324. The molecule has 1 aliphatic carbocycles. The zero-order valence-electron chi connectivity index (χ0n) is 15.4. The maximum atomic E-state index is 11.1. The maximum absolute atomic E-state index is 11.1. The van der Waals surface area contributed by atoms with Gasteiger partial charge in [0, 0.05) is 6.08 Å². The van der Waals surface area contributed by atoms with Crippen molar-refractivity contribution in [3.8, 4) is 0 Å². The molecular formula is C21H30O2. The number of carbonyl (C=O) groups is 1. The zero-order valence-corrected chi connectivity index (χ0v) is 15.4. The Labute approximate surface area is 141 Å². The van der Waals surface area contributed by atoms with E-state index in [0.29, 0.717) is 0 Å². The van der Waals surface area contributed by atoms with Crippen LogP contribution in [0, 0.1) is 5.41 Å². The van der Waals surface area contributed by atoms with E-state index in [9.17, 15) is 4.79 Å². The topological polar surface area (TPSA) is 26.3 Å². The lowest BCUT2D eigenvalue weighted by Gasteiger charge is -2.32. The van der Waals surface area contributed by atoms with E-state index in [1.165, 1.54) is 49.2 Å². The van der Waals surface area contributed by atoms with Gasteiger partial charge in [0.2, 0.25) is 0 Å². The summed E-state index contributed by atoms with van der Waals surface area (Å²) in [6.45, 7) is 10.9. The molecular weight excluding hydrogens is 284 g/mol. The Hall–Kier alpha value is -1.83. The minimum absolute atomic E-state index is 0.273. The van der Waals surface area contributed by atoms with Crippen LogP contribution in [0.2, 0.25) is 0 Å². The monoisotopic (exact) mass is 314 g/mol. The van der Waals surface area contributed by atoms with Crippen LogP contribution in [0.25, 0.3) is 0 Å². The molecule has 0 atom stereocenters. The summed E-state index contributed by atoms with van der Waals surface area (Å²) >= 11 is 0. The van der Waals surface area contributed by atoms with Crippen LogP contribution in [0.3, 0.4) is 0 Å². The summed E-state index contributed by atoms with van der Waals surface area (Å²) in [5, 5.41) is 0. The summed E-state index contributed by atoms with van der Waals surface area (Å²) in [7, 11) is 1.38. The molecule has 1 rings (SSSR count). The number of hydrogen-bond donors (Lipinski definition) is 0. The number of esters is 1. The van der Waals surface area contributed by atoms with Crippen LogP contribution >= 0.6 is 0 Å². The largest absolute Gasteiger partial charge is 0.466 e. The smallest absolute Gasteiger partial charge is 0.330 e. The second-order valence-electron chi connectivity index (χ2n) is 6.95. The Balaban J connectivity index is 2.77. The van der Waals surface area contributed by atoms with Crippen molar-refractivity contribution < 1.29 is 9.53 Å². The van der Waals surface area contributed by atoms with Gasteiger partial charge in [-0.05, 0) is 56.6 Å². The van der Waals surface area contributed by atoms with Crippen LogP contribution in [-0.4, -0.2) is 13.1 Å². The van der Waals surface area contributed by atoms with Gasteiger partial charge in [-0.25, -0.2) is 4.79 Å². The van der Waals surface area contributed by atoms with Crippen molar-refractivity contribution in [2.45, 2.75) is 53.9 Å². The number of rotatable bonds is 5. The highest BCUT2D eigenvalue weighted by Crippen LogP contribution is 2.40. The lowest BCUT2D eigenvalue weighted by atomic mass is 9.72. The molecule has 0 aromatic carbocycles. The molecule has 23 heavy (non-hydrogen) atoms. The van der Waals surface area contributed by atoms with Gasteiger partial charge in [-0.3, -0.25) is 0 Å². The first-order chi connectivity index (χ1) is 10.8. The van der Waals surface area contributed by atoms with Gasteiger partial charge in [0.05, 0.1) is 7.11 Å². The molecule has 2 heteroatoms. The standard InChI is InChI=1S/C21H30O2/c1-16(9-7-10-17(2)15-20(22)23-6)12-13-19-18(3)11-8-14-21(19,4)5/h7,9-10,12-13,15H,8,11,14H2,1-6H3/b10-7+,13-12-,16-9+,17-15+. The van der Waals surface area contributed by atoms with Crippen LogP contribution in [0.5, 0.6) is 0 Å². The lowest BCUT2D eigenvalue weighted by molar-refractivity contribution is -0.134. The highest BCUT2D eigenvalue weighted by Gasteiger charge is 2.26. The van der Waals surface area contributed by atoms with Crippen LogP contribution in [-0.2, 0) is 9.53 Å². The van der Waals surface area contributed by atoms with Gasteiger partial charge in [-0.15, -0.1) is 0 Å². The normalized spacial score (nSPS) is 19.7. The molecule has 0 aliphatic heterocycles.